The zero-order valence-corrected chi connectivity index (χ0v) is 20.3. The van der Waals surface area contributed by atoms with Gasteiger partial charge in [-0.1, -0.05) is 99.7 Å². The minimum atomic E-state index is -4.11. The SMILES string of the molecule is CCCCCCCCOC(=O)C(NS(=O)(=O)c1ccc2ccccc2c1)C(O)c1ccccc1. The van der Waals surface area contributed by atoms with Crippen LogP contribution in [-0.2, 0) is 19.6 Å². The molecule has 3 aromatic carbocycles. The second-order valence-electron chi connectivity index (χ2n) is 8.40. The average molecular weight is 484 g/mol. The molecule has 2 unspecified atom stereocenters. The summed E-state index contributed by atoms with van der Waals surface area (Å²) in [4.78, 5) is 12.9. The Morgan fingerprint density at radius 1 is 0.882 bits per heavy atom. The first kappa shape index (κ1) is 25.9. The molecule has 3 rings (SSSR count). The average Bonchev–Trinajstić information content (AvgIpc) is 2.86. The van der Waals surface area contributed by atoms with Gasteiger partial charge in [0.2, 0.25) is 10.0 Å². The van der Waals surface area contributed by atoms with Crippen LogP contribution >= 0.6 is 0 Å². The Morgan fingerprint density at radius 3 is 2.26 bits per heavy atom. The predicted octanol–water partition coefficient (Wildman–Crippen LogP) is 5.12. The Hall–Kier alpha value is -2.74. The van der Waals surface area contributed by atoms with Gasteiger partial charge in [-0.05, 0) is 34.9 Å². The lowest BCUT2D eigenvalue weighted by molar-refractivity contribution is -0.148. The van der Waals surface area contributed by atoms with Gasteiger partial charge in [0.1, 0.15) is 12.1 Å². The number of carbonyl (C=O) groups is 1. The minimum Gasteiger partial charge on any atom is -0.464 e. The van der Waals surface area contributed by atoms with E-state index in [1.165, 1.54) is 12.5 Å². The van der Waals surface area contributed by atoms with Crippen LogP contribution in [0.3, 0.4) is 0 Å². The van der Waals surface area contributed by atoms with Crippen molar-refractivity contribution in [3.8, 4) is 0 Å². The predicted molar refractivity (Wildman–Crippen MR) is 134 cm³/mol. The van der Waals surface area contributed by atoms with Gasteiger partial charge >= 0.3 is 5.97 Å². The maximum absolute atomic E-state index is 13.2. The van der Waals surface area contributed by atoms with E-state index in [-0.39, 0.29) is 11.5 Å². The third-order valence-corrected chi connectivity index (χ3v) is 7.21. The standard InChI is InChI=1S/C27H33NO5S/c1-2-3-4-5-6-12-19-33-27(30)25(26(29)22-14-8-7-9-15-22)28-34(31,32)24-18-17-21-13-10-11-16-23(21)20-24/h7-11,13-18,20,25-26,28-29H,2-6,12,19H2,1H3. The molecule has 0 fully saturated rings. The Bertz CT molecular complexity index is 1160. The van der Waals surface area contributed by atoms with Crippen LogP contribution in [0.25, 0.3) is 10.8 Å². The smallest absolute Gasteiger partial charge is 0.327 e. The number of nitrogens with one attached hydrogen (secondary N) is 1. The zero-order valence-electron chi connectivity index (χ0n) is 19.5. The van der Waals surface area contributed by atoms with E-state index in [4.69, 9.17) is 4.74 Å². The zero-order chi connectivity index (χ0) is 24.4. The summed E-state index contributed by atoms with van der Waals surface area (Å²) < 4.78 is 34.1. The fraction of sp³-hybridized carbons (Fsp3) is 0.370. The van der Waals surface area contributed by atoms with Crippen LogP contribution in [0.1, 0.15) is 57.1 Å². The highest BCUT2D eigenvalue weighted by Crippen LogP contribution is 2.23. The van der Waals surface area contributed by atoms with E-state index in [2.05, 4.69) is 11.6 Å². The molecule has 0 aromatic heterocycles. The summed E-state index contributed by atoms with van der Waals surface area (Å²) in [6.45, 7) is 2.33. The first-order valence-corrected chi connectivity index (χ1v) is 13.3. The number of rotatable bonds is 13. The van der Waals surface area contributed by atoms with Gasteiger partial charge < -0.3 is 9.84 Å². The molecule has 0 aliphatic carbocycles. The number of carbonyl (C=O) groups excluding carboxylic acids is 1. The molecule has 0 aliphatic heterocycles. The fourth-order valence-corrected chi connectivity index (χ4v) is 5.02. The summed E-state index contributed by atoms with van der Waals surface area (Å²) in [6, 6.07) is 19.2. The first-order valence-electron chi connectivity index (χ1n) is 11.8. The molecule has 0 saturated heterocycles. The van der Waals surface area contributed by atoms with Crippen LogP contribution in [0.2, 0.25) is 0 Å². The molecular formula is C27H33NO5S. The third kappa shape index (κ3) is 7.13. The van der Waals surface area contributed by atoms with Gasteiger partial charge in [0.05, 0.1) is 11.5 Å². The second kappa shape index (κ2) is 12.6. The number of aliphatic hydroxyl groups excluding tert-OH is 1. The molecule has 0 bridgehead atoms. The summed E-state index contributed by atoms with van der Waals surface area (Å²) in [6.07, 6.45) is 4.78. The van der Waals surface area contributed by atoms with Crippen molar-refractivity contribution in [1.82, 2.24) is 4.72 Å². The fourth-order valence-electron chi connectivity index (χ4n) is 3.80. The summed E-state index contributed by atoms with van der Waals surface area (Å²) in [5.74, 6) is -0.797. The normalized spacial score (nSPS) is 13.5. The van der Waals surface area contributed by atoms with E-state index in [1.807, 2.05) is 24.3 Å². The molecule has 0 heterocycles. The van der Waals surface area contributed by atoms with Crippen LogP contribution in [-0.4, -0.2) is 32.1 Å². The van der Waals surface area contributed by atoms with Gasteiger partial charge in [-0.25, -0.2) is 8.42 Å². The third-order valence-electron chi connectivity index (χ3n) is 5.77. The number of sulfonamides is 1. The summed E-state index contributed by atoms with van der Waals surface area (Å²) >= 11 is 0. The number of hydrogen-bond acceptors (Lipinski definition) is 5. The van der Waals surface area contributed by atoms with Gasteiger partial charge in [-0.15, -0.1) is 0 Å². The van der Waals surface area contributed by atoms with Crippen molar-refractivity contribution in [2.45, 2.75) is 62.5 Å². The maximum Gasteiger partial charge on any atom is 0.327 e. The van der Waals surface area contributed by atoms with Crippen molar-refractivity contribution in [3.05, 3.63) is 78.4 Å². The van der Waals surface area contributed by atoms with Crippen LogP contribution in [0.5, 0.6) is 0 Å². The lowest BCUT2D eigenvalue weighted by Gasteiger charge is -2.23. The second-order valence-corrected chi connectivity index (χ2v) is 10.1. The van der Waals surface area contributed by atoms with Crippen LogP contribution < -0.4 is 4.72 Å². The number of aliphatic hydroxyl groups is 1. The molecule has 0 radical (unpaired) electrons. The van der Waals surface area contributed by atoms with Gasteiger partial charge in [-0.3, -0.25) is 4.79 Å². The van der Waals surface area contributed by atoms with E-state index in [9.17, 15) is 18.3 Å². The molecule has 0 saturated carbocycles. The van der Waals surface area contributed by atoms with E-state index < -0.39 is 28.1 Å². The summed E-state index contributed by atoms with van der Waals surface area (Å²) in [5, 5.41) is 12.6. The lowest BCUT2D eigenvalue weighted by Crippen LogP contribution is -2.46. The van der Waals surface area contributed by atoms with Gasteiger partial charge in [0.15, 0.2) is 0 Å². The highest BCUT2D eigenvalue weighted by molar-refractivity contribution is 7.89. The molecule has 6 nitrogen and oxygen atoms in total. The van der Waals surface area contributed by atoms with Crippen LogP contribution in [0.15, 0.2) is 77.7 Å². The molecule has 34 heavy (non-hydrogen) atoms. The lowest BCUT2D eigenvalue weighted by atomic mass is 10.0. The van der Waals surface area contributed by atoms with E-state index in [0.29, 0.717) is 12.0 Å². The van der Waals surface area contributed by atoms with Crippen molar-refractivity contribution < 1.29 is 23.1 Å². The maximum atomic E-state index is 13.2. The number of fused-ring (bicyclic) bond motifs is 1. The van der Waals surface area contributed by atoms with Crippen molar-refractivity contribution in [3.63, 3.8) is 0 Å². The molecule has 0 aliphatic rings. The van der Waals surface area contributed by atoms with E-state index in [1.54, 1.807) is 42.5 Å². The van der Waals surface area contributed by atoms with Gasteiger partial charge in [-0.2, -0.15) is 4.72 Å². The number of benzene rings is 3. The minimum absolute atomic E-state index is 0.0141. The summed E-state index contributed by atoms with van der Waals surface area (Å²) in [5.41, 5.74) is 0.422. The topological polar surface area (TPSA) is 92.7 Å². The largest absolute Gasteiger partial charge is 0.464 e. The number of esters is 1. The number of unbranched alkanes of at least 4 members (excludes halogenated alkanes) is 5. The molecule has 3 aromatic rings. The van der Waals surface area contributed by atoms with E-state index in [0.717, 1.165) is 36.5 Å². The van der Waals surface area contributed by atoms with Crippen molar-refractivity contribution >= 4 is 26.8 Å². The molecule has 0 amide bonds. The molecular weight excluding hydrogens is 450 g/mol. The Kier molecular flexibility index (Phi) is 9.62. The van der Waals surface area contributed by atoms with Crippen molar-refractivity contribution in [2.24, 2.45) is 0 Å². The number of ether oxygens (including phenoxy) is 1. The Morgan fingerprint density at radius 2 is 1.53 bits per heavy atom. The van der Waals surface area contributed by atoms with E-state index >= 15 is 0 Å². The highest BCUT2D eigenvalue weighted by atomic mass is 32.2. The van der Waals surface area contributed by atoms with Crippen molar-refractivity contribution in [2.75, 3.05) is 6.61 Å². The highest BCUT2D eigenvalue weighted by Gasteiger charge is 2.34. The van der Waals surface area contributed by atoms with Gasteiger partial charge in [0, 0.05) is 0 Å². The quantitative estimate of drug-likeness (QED) is 0.260. The molecule has 7 heteroatoms. The van der Waals surface area contributed by atoms with Crippen molar-refractivity contribution in [1.29, 1.82) is 0 Å². The Balaban J connectivity index is 1.75. The summed E-state index contributed by atoms with van der Waals surface area (Å²) in [7, 11) is -4.11. The number of hydrogen-bond donors (Lipinski definition) is 2. The molecule has 0 spiro atoms. The first-order chi connectivity index (χ1) is 16.4. The molecule has 182 valence electrons. The van der Waals surface area contributed by atoms with Crippen LogP contribution in [0.4, 0.5) is 0 Å². The monoisotopic (exact) mass is 483 g/mol. The molecule has 2 atom stereocenters. The molecule has 2 N–H and O–H groups in total. The van der Waals surface area contributed by atoms with Crippen LogP contribution in [0, 0.1) is 0 Å². The Labute approximate surface area is 202 Å². The van der Waals surface area contributed by atoms with Gasteiger partial charge in [0.25, 0.3) is 0 Å².